The molecule has 4 nitrogen and oxygen atoms in total. The average Bonchev–Trinajstić information content (AvgIpc) is 2.46. The molecule has 2 aromatic carbocycles. The zero-order valence-corrected chi connectivity index (χ0v) is 12.8. The van der Waals surface area contributed by atoms with E-state index < -0.39 is 0 Å². The van der Waals surface area contributed by atoms with Gasteiger partial charge in [-0.1, -0.05) is 12.1 Å². The van der Waals surface area contributed by atoms with Crippen molar-refractivity contribution in [1.29, 1.82) is 0 Å². The number of rotatable bonds is 6. The number of hydrogen-bond acceptors (Lipinski definition) is 4. The Kier molecular flexibility index (Phi) is 5.06. The molecule has 0 atom stereocenters. The Labute approximate surface area is 126 Å². The number of hydrogen-bond donors (Lipinski definition) is 1. The van der Waals surface area contributed by atoms with Gasteiger partial charge in [-0.15, -0.1) is 0 Å². The molecule has 0 aliphatic heterocycles. The Bertz CT molecular complexity index is 577. The van der Waals surface area contributed by atoms with E-state index in [1.807, 2.05) is 36.4 Å². The third kappa shape index (κ3) is 4.39. The fourth-order valence-electron chi connectivity index (χ4n) is 2.33. The second-order valence-electron chi connectivity index (χ2n) is 5.14. The van der Waals surface area contributed by atoms with Crippen LogP contribution in [0.1, 0.15) is 11.1 Å². The maximum absolute atomic E-state index is 5.81. The van der Waals surface area contributed by atoms with Gasteiger partial charge in [0.05, 0.1) is 14.2 Å². The number of ether oxygens (including phenoxy) is 2. The summed E-state index contributed by atoms with van der Waals surface area (Å²) in [6.07, 6.45) is 0. The Morgan fingerprint density at radius 2 is 1.52 bits per heavy atom. The van der Waals surface area contributed by atoms with Gasteiger partial charge in [-0.25, -0.2) is 0 Å². The molecule has 0 saturated carbocycles. The van der Waals surface area contributed by atoms with Gasteiger partial charge >= 0.3 is 0 Å². The Morgan fingerprint density at radius 1 is 0.905 bits per heavy atom. The number of nitrogens with two attached hydrogens (primary N) is 1. The molecular weight excluding hydrogens is 264 g/mol. The van der Waals surface area contributed by atoms with Crippen molar-refractivity contribution in [3.63, 3.8) is 0 Å². The van der Waals surface area contributed by atoms with E-state index in [2.05, 4.69) is 18.0 Å². The summed E-state index contributed by atoms with van der Waals surface area (Å²) in [4.78, 5) is 2.23. The van der Waals surface area contributed by atoms with Gasteiger partial charge in [0.2, 0.25) is 0 Å². The van der Waals surface area contributed by atoms with Crippen LogP contribution in [0.25, 0.3) is 0 Å². The van der Waals surface area contributed by atoms with Crippen molar-refractivity contribution in [2.75, 3.05) is 27.0 Å². The van der Waals surface area contributed by atoms with Crippen molar-refractivity contribution >= 4 is 5.69 Å². The summed E-state index contributed by atoms with van der Waals surface area (Å²) in [6.45, 7) is 1.65. The molecule has 21 heavy (non-hydrogen) atoms. The van der Waals surface area contributed by atoms with Crippen LogP contribution in [0.3, 0.4) is 0 Å². The molecule has 112 valence electrons. The molecule has 0 aromatic heterocycles. The normalized spacial score (nSPS) is 10.7. The van der Waals surface area contributed by atoms with Crippen molar-refractivity contribution in [1.82, 2.24) is 4.90 Å². The van der Waals surface area contributed by atoms with Crippen LogP contribution >= 0.6 is 0 Å². The van der Waals surface area contributed by atoms with E-state index in [1.165, 1.54) is 5.56 Å². The van der Waals surface area contributed by atoms with Crippen LogP contribution in [0.15, 0.2) is 42.5 Å². The van der Waals surface area contributed by atoms with Crippen molar-refractivity contribution in [3.8, 4) is 11.5 Å². The van der Waals surface area contributed by atoms with Crippen molar-refractivity contribution in [3.05, 3.63) is 53.6 Å². The largest absolute Gasteiger partial charge is 0.497 e. The van der Waals surface area contributed by atoms with E-state index in [-0.39, 0.29) is 0 Å². The van der Waals surface area contributed by atoms with Gasteiger partial charge in [0.1, 0.15) is 11.5 Å². The highest BCUT2D eigenvalue weighted by Gasteiger charge is 2.06. The molecule has 2 N–H and O–H groups in total. The first-order chi connectivity index (χ1) is 10.1. The maximum atomic E-state index is 5.81. The summed E-state index contributed by atoms with van der Waals surface area (Å²) in [5.41, 5.74) is 8.96. The lowest BCUT2D eigenvalue weighted by Gasteiger charge is -2.18. The van der Waals surface area contributed by atoms with Crippen LogP contribution in [0.5, 0.6) is 11.5 Å². The number of benzene rings is 2. The second kappa shape index (κ2) is 6.99. The van der Waals surface area contributed by atoms with Crippen molar-refractivity contribution in [2.24, 2.45) is 0 Å². The Balaban J connectivity index is 2.06. The fourth-order valence-corrected chi connectivity index (χ4v) is 2.33. The summed E-state index contributed by atoms with van der Waals surface area (Å²) in [6, 6.07) is 13.9. The number of anilines is 1. The summed E-state index contributed by atoms with van der Waals surface area (Å²) in [5, 5.41) is 0. The van der Waals surface area contributed by atoms with Crippen LogP contribution in [-0.4, -0.2) is 26.2 Å². The summed E-state index contributed by atoms with van der Waals surface area (Å²) in [7, 11) is 5.40. The van der Waals surface area contributed by atoms with Gasteiger partial charge in [-0.2, -0.15) is 0 Å². The standard InChI is InChI=1S/C17H22N2O2/c1-19(11-13-5-4-6-15(18)7-13)12-14-8-16(20-2)10-17(9-14)21-3/h4-10H,11-12,18H2,1-3H3. The van der Waals surface area contributed by atoms with E-state index in [1.54, 1.807) is 14.2 Å². The zero-order chi connectivity index (χ0) is 15.2. The fraction of sp³-hybridized carbons (Fsp3) is 0.294. The van der Waals surface area contributed by atoms with Crippen LogP contribution in [0, 0.1) is 0 Å². The maximum Gasteiger partial charge on any atom is 0.122 e. The highest BCUT2D eigenvalue weighted by atomic mass is 16.5. The van der Waals surface area contributed by atoms with E-state index in [9.17, 15) is 0 Å². The van der Waals surface area contributed by atoms with Gasteiger partial charge in [0.25, 0.3) is 0 Å². The average molecular weight is 286 g/mol. The van der Waals surface area contributed by atoms with Crippen molar-refractivity contribution < 1.29 is 9.47 Å². The molecule has 0 radical (unpaired) electrons. The third-order valence-corrected chi connectivity index (χ3v) is 3.27. The number of nitrogens with zero attached hydrogens (tertiary/aromatic N) is 1. The van der Waals surface area contributed by atoms with E-state index in [4.69, 9.17) is 15.2 Å². The molecule has 2 rings (SSSR count). The summed E-state index contributed by atoms with van der Waals surface area (Å²) in [5.74, 6) is 1.61. The smallest absolute Gasteiger partial charge is 0.122 e. The Morgan fingerprint density at radius 3 is 2.10 bits per heavy atom. The quantitative estimate of drug-likeness (QED) is 0.829. The molecule has 4 heteroatoms. The van der Waals surface area contributed by atoms with Crippen molar-refractivity contribution in [2.45, 2.75) is 13.1 Å². The minimum atomic E-state index is 0.795. The lowest BCUT2D eigenvalue weighted by Crippen LogP contribution is -2.17. The highest BCUT2D eigenvalue weighted by molar-refractivity contribution is 5.41. The van der Waals surface area contributed by atoms with Gasteiger partial charge < -0.3 is 15.2 Å². The third-order valence-electron chi connectivity index (χ3n) is 3.27. The van der Waals surface area contributed by atoms with Gasteiger partial charge in [-0.3, -0.25) is 4.90 Å². The molecular formula is C17H22N2O2. The molecule has 0 aliphatic carbocycles. The number of methoxy groups -OCH3 is 2. The zero-order valence-electron chi connectivity index (χ0n) is 12.8. The van der Waals surface area contributed by atoms with Crippen LogP contribution in [0.2, 0.25) is 0 Å². The van der Waals surface area contributed by atoms with Crippen LogP contribution < -0.4 is 15.2 Å². The van der Waals surface area contributed by atoms with Crippen LogP contribution in [0.4, 0.5) is 5.69 Å². The molecule has 0 aliphatic rings. The molecule has 0 fully saturated rings. The first-order valence-electron chi connectivity index (χ1n) is 6.85. The molecule has 0 unspecified atom stereocenters. The van der Waals surface area contributed by atoms with E-state index in [0.29, 0.717) is 0 Å². The molecule has 0 bridgehead atoms. The number of nitrogen functional groups attached to an aromatic ring is 1. The summed E-state index contributed by atoms with van der Waals surface area (Å²) < 4.78 is 10.6. The summed E-state index contributed by atoms with van der Waals surface area (Å²) >= 11 is 0. The topological polar surface area (TPSA) is 47.7 Å². The lowest BCUT2D eigenvalue weighted by atomic mass is 10.1. The molecule has 0 amide bonds. The monoisotopic (exact) mass is 286 g/mol. The first kappa shape index (κ1) is 15.2. The minimum Gasteiger partial charge on any atom is -0.497 e. The predicted molar refractivity (Wildman–Crippen MR) is 85.6 cm³/mol. The molecule has 0 heterocycles. The minimum absolute atomic E-state index is 0.795. The van der Waals surface area contributed by atoms with Gasteiger partial charge in [0, 0.05) is 24.8 Å². The molecule has 0 spiro atoms. The lowest BCUT2D eigenvalue weighted by molar-refractivity contribution is 0.317. The van der Waals surface area contributed by atoms with Crippen LogP contribution in [-0.2, 0) is 13.1 Å². The van der Waals surface area contributed by atoms with E-state index >= 15 is 0 Å². The predicted octanol–water partition coefficient (Wildman–Crippen LogP) is 2.92. The molecule has 0 saturated heterocycles. The second-order valence-corrected chi connectivity index (χ2v) is 5.14. The SMILES string of the molecule is COc1cc(CN(C)Cc2cccc(N)c2)cc(OC)c1. The highest BCUT2D eigenvalue weighted by Crippen LogP contribution is 2.23. The van der Waals surface area contributed by atoms with E-state index in [0.717, 1.165) is 35.8 Å². The molecule has 2 aromatic rings. The first-order valence-corrected chi connectivity index (χ1v) is 6.85. The van der Waals surface area contributed by atoms with Gasteiger partial charge in [0.15, 0.2) is 0 Å². The van der Waals surface area contributed by atoms with Gasteiger partial charge in [-0.05, 0) is 42.4 Å². The Hall–Kier alpha value is -2.20.